The van der Waals surface area contributed by atoms with Crippen LogP contribution >= 0.6 is 22.9 Å². The molecule has 2 aromatic heterocycles. The molecule has 6 nitrogen and oxygen atoms in total. The highest BCUT2D eigenvalue weighted by Crippen LogP contribution is 2.34. The summed E-state index contributed by atoms with van der Waals surface area (Å²) in [4.78, 5) is 12.2. The van der Waals surface area contributed by atoms with Gasteiger partial charge in [0.2, 0.25) is 5.13 Å². The quantitative estimate of drug-likeness (QED) is 0.841. The fraction of sp³-hybridized carbons (Fsp3) is 0.188. The Morgan fingerprint density at radius 1 is 1.33 bits per heavy atom. The number of fused-ring (bicyclic) bond motifs is 1. The van der Waals surface area contributed by atoms with Gasteiger partial charge >= 0.3 is 5.97 Å². The number of hydrogen-bond acceptors (Lipinski definition) is 7. The number of nitrogens with one attached hydrogen (secondary N) is 1. The SMILES string of the molecule is O=C1OC2C=CC(Cl)=CC2C=C1c1nnc(NCc2ccco2)s1. The molecule has 2 atom stereocenters. The monoisotopic (exact) mass is 361 g/mol. The maximum absolute atomic E-state index is 12.2. The number of anilines is 1. The zero-order chi connectivity index (χ0) is 16.5. The van der Waals surface area contributed by atoms with Crippen LogP contribution in [0.1, 0.15) is 10.8 Å². The Labute approximate surface area is 146 Å². The van der Waals surface area contributed by atoms with Gasteiger partial charge in [0.25, 0.3) is 0 Å². The molecule has 0 aromatic carbocycles. The van der Waals surface area contributed by atoms with E-state index >= 15 is 0 Å². The lowest BCUT2D eigenvalue weighted by molar-refractivity contribution is -0.141. The van der Waals surface area contributed by atoms with E-state index in [2.05, 4.69) is 15.5 Å². The van der Waals surface area contributed by atoms with Gasteiger partial charge in [-0.15, -0.1) is 10.2 Å². The van der Waals surface area contributed by atoms with Crippen LogP contribution in [0.5, 0.6) is 0 Å². The van der Waals surface area contributed by atoms with E-state index in [9.17, 15) is 4.79 Å². The van der Waals surface area contributed by atoms with E-state index in [-0.39, 0.29) is 12.0 Å². The zero-order valence-electron chi connectivity index (χ0n) is 12.3. The second-order valence-electron chi connectivity index (χ2n) is 5.28. The number of ether oxygens (including phenoxy) is 1. The van der Waals surface area contributed by atoms with Crippen molar-refractivity contribution in [3.8, 4) is 0 Å². The molecule has 24 heavy (non-hydrogen) atoms. The van der Waals surface area contributed by atoms with E-state index in [4.69, 9.17) is 20.8 Å². The summed E-state index contributed by atoms with van der Waals surface area (Å²) in [5.74, 6) is 0.305. The summed E-state index contributed by atoms with van der Waals surface area (Å²) >= 11 is 7.31. The van der Waals surface area contributed by atoms with Crippen LogP contribution < -0.4 is 5.32 Å². The third kappa shape index (κ3) is 3.00. The average Bonchev–Trinajstić information content (AvgIpc) is 3.24. The van der Waals surface area contributed by atoms with Crippen molar-refractivity contribution in [1.29, 1.82) is 0 Å². The van der Waals surface area contributed by atoms with Gasteiger partial charge in [-0.2, -0.15) is 0 Å². The molecule has 0 amide bonds. The Kier molecular flexibility index (Phi) is 3.95. The van der Waals surface area contributed by atoms with Crippen LogP contribution in [0.4, 0.5) is 5.13 Å². The van der Waals surface area contributed by atoms with Gasteiger partial charge in [-0.05, 0) is 24.3 Å². The predicted octanol–water partition coefficient (Wildman–Crippen LogP) is 3.36. The van der Waals surface area contributed by atoms with Crippen molar-refractivity contribution in [1.82, 2.24) is 10.2 Å². The summed E-state index contributed by atoms with van der Waals surface area (Å²) in [6.07, 6.45) is 8.51. The van der Waals surface area contributed by atoms with Crippen LogP contribution in [-0.4, -0.2) is 22.3 Å². The molecule has 0 bridgehead atoms. The highest BCUT2D eigenvalue weighted by molar-refractivity contribution is 7.16. The minimum absolute atomic E-state index is 0.0846. The van der Waals surface area contributed by atoms with Crippen LogP contribution in [0, 0.1) is 5.92 Å². The number of carbonyl (C=O) groups excluding carboxylic acids is 1. The highest BCUT2D eigenvalue weighted by atomic mass is 35.5. The molecule has 122 valence electrons. The number of furan rings is 1. The number of aromatic nitrogens is 2. The largest absolute Gasteiger partial charge is 0.467 e. The molecule has 0 spiro atoms. The van der Waals surface area contributed by atoms with E-state index < -0.39 is 5.97 Å². The predicted molar refractivity (Wildman–Crippen MR) is 90.4 cm³/mol. The van der Waals surface area contributed by atoms with Crippen molar-refractivity contribution in [2.45, 2.75) is 12.6 Å². The number of rotatable bonds is 4. The Morgan fingerprint density at radius 3 is 3.08 bits per heavy atom. The fourth-order valence-corrected chi connectivity index (χ4v) is 3.47. The van der Waals surface area contributed by atoms with E-state index in [0.29, 0.717) is 27.3 Å². The van der Waals surface area contributed by atoms with Crippen molar-refractivity contribution in [2.75, 3.05) is 5.32 Å². The van der Waals surface area contributed by atoms with Crippen molar-refractivity contribution in [3.05, 3.63) is 58.5 Å². The van der Waals surface area contributed by atoms with Crippen LogP contribution in [0.25, 0.3) is 5.57 Å². The minimum atomic E-state index is -0.402. The van der Waals surface area contributed by atoms with Crippen LogP contribution in [0.3, 0.4) is 0 Å². The second kappa shape index (κ2) is 6.26. The topological polar surface area (TPSA) is 77.2 Å². The summed E-state index contributed by atoms with van der Waals surface area (Å²) in [5.41, 5.74) is 0.413. The zero-order valence-corrected chi connectivity index (χ0v) is 13.9. The van der Waals surface area contributed by atoms with Gasteiger partial charge in [-0.25, -0.2) is 4.79 Å². The first-order valence-electron chi connectivity index (χ1n) is 7.27. The number of carbonyl (C=O) groups is 1. The lowest BCUT2D eigenvalue weighted by Crippen LogP contribution is -2.30. The molecule has 1 aliphatic carbocycles. The molecular weight excluding hydrogens is 350 g/mol. The van der Waals surface area contributed by atoms with Crippen molar-refractivity contribution >= 4 is 39.6 Å². The molecule has 4 rings (SSSR count). The summed E-state index contributed by atoms with van der Waals surface area (Å²) in [6, 6.07) is 3.68. The Balaban J connectivity index is 1.53. The smallest absolute Gasteiger partial charge is 0.341 e. The maximum atomic E-state index is 12.2. The van der Waals surface area contributed by atoms with Gasteiger partial charge in [-0.1, -0.05) is 35.1 Å². The van der Waals surface area contributed by atoms with E-state index in [1.54, 1.807) is 18.4 Å². The summed E-state index contributed by atoms with van der Waals surface area (Å²) in [6.45, 7) is 0.499. The van der Waals surface area contributed by atoms with E-state index in [0.717, 1.165) is 5.76 Å². The summed E-state index contributed by atoms with van der Waals surface area (Å²) in [7, 11) is 0. The molecule has 3 heterocycles. The molecule has 1 aliphatic heterocycles. The highest BCUT2D eigenvalue weighted by Gasteiger charge is 2.32. The number of halogens is 1. The van der Waals surface area contributed by atoms with Crippen LogP contribution in [0.15, 0.2) is 52.1 Å². The van der Waals surface area contributed by atoms with Gasteiger partial charge in [-0.3, -0.25) is 0 Å². The average molecular weight is 362 g/mol. The van der Waals surface area contributed by atoms with E-state index in [1.807, 2.05) is 24.3 Å². The summed E-state index contributed by atoms with van der Waals surface area (Å²) < 4.78 is 10.7. The Bertz CT molecular complexity index is 854. The molecule has 1 N–H and O–H groups in total. The van der Waals surface area contributed by atoms with Crippen LogP contribution in [0.2, 0.25) is 0 Å². The Morgan fingerprint density at radius 2 is 2.25 bits per heavy atom. The standard InChI is InChI=1S/C16H12ClN3O3S/c17-10-3-4-13-9(6-10)7-12(15(21)23-13)14-19-20-16(24-14)18-8-11-2-1-5-22-11/h1-7,9,13H,8H2,(H,18,20). The van der Waals surface area contributed by atoms with Gasteiger partial charge < -0.3 is 14.5 Å². The first-order valence-corrected chi connectivity index (χ1v) is 8.47. The normalized spacial score (nSPS) is 22.5. The lowest BCUT2D eigenvalue weighted by Gasteiger charge is -2.27. The molecule has 0 radical (unpaired) electrons. The van der Waals surface area contributed by atoms with Gasteiger partial charge in [0.05, 0.1) is 18.4 Å². The first-order chi connectivity index (χ1) is 11.7. The fourth-order valence-electron chi connectivity index (χ4n) is 2.50. The molecule has 0 saturated heterocycles. The number of esters is 1. The molecule has 0 fully saturated rings. The molecule has 2 aromatic rings. The third-order valence-corrected chi connectivity index (χ3v) is 4.81. The third-order valence-electron chi connectivity index (χ3n) is 3.65. The molecule has 2 unspecified atom stereocenters. The second-order valence-corrected chi connectivity index (χ2v) is 6.70. The lowest BCUT2D eigenvalue weighted by atomic mass is 9.93. The van der Waals surface area contributed by atoms with Crippen molar-refractivity contribution in [3.63, 3.8) is 0 Å². The van der Waals surface area contributed by atoms with Crippen molar-refractivity contribution < 1.29 is 13.9 Å². The first kappa shape index (κ1) is 15.2. The summed E-state index contributed by atoms with van der Waals surface area (Å²) in [5, 5.41) is 13.0. The minimum Gasteiger partial charge on any atom is -0.467 e. The van der Waals surface area contributed by atoms with Crippen LogP contribution in [-0.2, 0) is 16.1 Å². The number of nitrogens with zero attached hydrogens (tertiary/aromatic N) is 2. The van der Waals surface area contributed by atoms with E-state index in [1.165, 1.54) is 11.3 Å². The number of hydrogen-bond donors (Lipinski definition) is 1. The Hall–Kier alpha value is -2.38. The van der Waals surface area contributed by atoms with Gasteiger partial charge in [0.15, 0.2) is 5.01 Å². The number of allylic oxidation sites excluding steroid dienone is 2. The van der Waals surface area contributed by atoms with Crippen molar-refractivity contribution in [2.24, 2.45) is 5.92 Å². The molecule has 8 heteroatoms. The van der Waals surface area contributed by atoms with Gasteiger partial charge in [0, 0.05) is 11.0 Å². The van der Waals surface area contributed by atoms with Gasteiger partial charge in [0.1, 0.15) is 11.9 Å². The molecular formula is C16H12ClN3O3S. The molecule has 2 aliphatic rings. The maximum Gasteiger partial charge on any atom is 0.341 e. The molecule has 0 saturated carbocycles.